The summed E-state index contributed by atoms with van der Waals surface area (Å²) in [5.41, 5.74) is 7.02. The Morgan fingerprint density at radius 1 is 1.38 bits per heavy atom. The van der Waals surface area contributed by atoms with E-state index in [1.807, 2.05) is 11.4 Å². The Kier molecular flexibility index (Phi) is 2.97. The van der Waals surface area contributed by atoms with Crippen LogP contribution in [0.1, 0.15) is 16.6 Å². The van der Waals surface area contributed by atoms with Crippen molar-refractivity contribution < 1.29 is 0 Å². The molecular weight excluding hydrogens is 315 g/mol. The van der Waals surface area contributed by atoms with Crippen molar-refractivity contribution in [3.8, 4) is 0 Å². The van der Waals surface area contributed by atoms with Gasteiger partial charge in [0.25, 0.3) is 0 Å². The molecule has 0 saturated heterocycles. The highest BCUT2D eigenvalue weighted by Gasteiger charge is 2.14. The van der Waals surface area contributed by atoms with Gasteiger partial charge in [0, 0.05) is 13.8 Å². The number of nitrogens with zero attached hydrogens (tertiary/aromatic N) is 1. The van der Waals surface area contributed by atoms with Crippen molar-refractivity contribution in [1.29, 1.82) is 0 Å². The highest BCUT2D eigenvalue weighted by molar-refractivity contribution is 14.1. The summed E-state index contributed by atoms with van der Waals surface area (Å²) in [6.45, 7) is 0. The van der Waals surface area contributed by atoms with Crippen LogP contribution in [-0.4, -0.2) is 4.37 Å². The Labute approximate surface area is 98.1 Å². The van der Waals surface area contributed by atoms with Crippen LogP contribution in [0.15, 0.2) is 22.9 Å². The van der Waals surface area contributed by atoms with Gasteiger partial charge in [-0.1, -0.05) is 0 Å². The van der Waals surface area contributed by atoms with Crippen molar-refractivity contribution in [2.75, 3.05) is 0 Å². The van der Waals surface area contributed by atoms with Gasteiger partial charge in [0.1, 0.15) is 0 Å². The number of hydrogen-bond acceptors (Lipinski definition) is 4. The Balaban J connectivity index is 2.33. The molecule has 2 N–H and O–H groups in total. The molecule has 0 saturated carbocycles. The normalized spacial score (nSPS) is 13.1. The van der Waals surface area contributed by atoms with Gasteiger partial charge in [-0.25, -0.2) is 0 Å². The second-order valence-corrected chi connectivity index (χ2v) is 5.31. The molecule has 0 aliphatic carbocycles. The van der Waals surface area contributed by atoms with Gasteiger partial charge in [-0.2, -0.15) is 4.37 Å². The van der Waals surface area contributed by atoms with Crippen molar-refractivity contribution in [3.05, 3.63) is 37.0 Å². The lowest BCUT2D eigenvalue weighted by Crippen LogP contribution is -2.11. The van der Waals surface area contributed by atoms with E-state index in [1.54, 1.807) is 11.3 Å². The molecule has 2 aromatic heterocycles. The average Bonchev–Trinajstić information content (AvgIpc) is 2.72. The Morgan fingerprint density at radius 3 is 2.77 bits per heavy atom. The quantitative estimate of drug-likeness (QED) is 0.864. The van der Waals surface area contributed by atoms with E-state index in [4.69, 9.17) is 5.73 Å². The minimum absolute atomic E-state index is 0.0573. The Morgan fingerprint density at radius 2 is 2.23 bits per heavy atom. The fourth-order valence-corrected chi connectivity index (χ4v) is 3.54. The van der Waals surface area contributed by atoms with Crippen LogP contribution in [0.25, 0.3) is 0 Å². The zero-order valence-electron chi connectivity index (χ0n) is 6.61. The lowest BCUT2D eigenvalue weighted by Gasteiger charge is -2.06. The van der Waals surface area contributed by atoms with Gasteiger partial charge in [0.2, 0.25) is 0 Å². The number of thiophene rings is 1. The van der Waals surface area contributed by atoms with Crippen LogP contribution >= 0.6 is 45.5 Å². The molecule has 2 heterocycles. The molecule has 68 valence electrons. The predicted octanol–water partition coefficient (Wildman–Crippen LogP) is 2.86. The topological polar surface area (TPSA) is 38.9 Å². The fourth-order valence-electron chi connectivity index (χ4n) is 1.04. The van der Waals surface area contributed by atoms with Gasteiger partial charge in [-0.05, 0) is 51.6 Å². The first-order chi connectivity index (χ1) is 6.29. The van der Waals surface area contributed by atoms with Crippen molar-refractivity contribution in [3.63, 3.8) is 0 Å². The number of hydrogen-bond donors (Lipinski definition) is 1. The molecule has 0 amide bonds. The van der Waals surface area contributed by atoms with Gasteiger partial charge in [0.05, 0.1) is 11.7 Å². The number of halogens is 1. The van der Waals surface area contributed by atoms with Crippen molar-refractivity contribution in [2.24, 2.45) is 5.73 Å². The molecule has 1 unspecified atom stereocenters. The van der Waals surface area contributed by atoms with Gasteiger partial charge in [-0.15, -0.1) is 11.3 Å². The SMILES string of the molecule is NC(c1ccsn1)c1sccc1I. The molecule has 0 aliphatic heterocycles. The van der Waals surface area contributed by atoms with Gasteiger partial charge in [0.15, 0.2) is 0 Å². The van der Waals surface area contributed by atoms with Crippen LogP contribution in [0.5, 0.6) is 0 Å². The minimum Gasteiger partial charge on any atom is -0.318 e. The lowest BCUT2D eigenvalue weighted by atomic mass is 10.2. The van der Waals surface area contributed by atoms with Crippen LogP contribution in [0, 0.1) is 3.57 Å². The van der Waals surface area contributed by atoms with Crippen LogP contribution in [0.2, 0.25) is 0 Å². The summed E-state index contributed by atoms with van der Waals surface area (Å²) in [5, 5.41) is 4.01. The summed E-state index contributed by atoms with van der Waals surface area (Å²) in [7, 11) is 0. The summed E-state index contributed by atoms with van der Waals surface area (Å²) in [5.74, 6) is 0. The van der Waals surface area contributed by atoms with Gasteiger partial charge in [-0.3, -0.25) is 0 Å². The Bertz CT molecular complexity index is 383. The smallest absolute Gasteiger partial charge is 0.0841 e. The molecule has 2 aromatic rings. The van der Waals surface area contributed by atoms with E-state index in [9.17, 15) is 0 Å². The molecule has 2 rings (SSSR count). The summed E-state index contributed by atoms with van der Waals surface area (Å²) >= 11 is 5.43. The molecule has 0 bridgehead atoms. The zero-order chi connectivity index (χ0) is 9.26. The van der Waals surface area contributed by atoms with Gasteiger partial charge >= 0.3 is 0 Å². The van der Waals surface area contributed by atoms with E-state index >= 15 is 0 Å². The molecular formula is C8H7IN2S2. The van der Waals surface area contributed by atoms with E-state index in [0.717, 1.165) is 5.69 Å². The van der Waals surface area contributed by atoms with E-state index in [1.165, 1.54) is 20.0 Å². The highest BCUT2D eigenvalue weighted by Crippen LogP contribution is 2.28. The largest absolute Gasteiger partial charge is 0.318 e. The third-order valence-corrected chi connectivity index (χ3v) is 4.58. The Hall–Kier alpha value is 0.0200. The minimum atomic E-state index is -0.0573. The second-order valence-electron chi connectivity index (χ2n) is 2.53. The van der Waals surface area contributed by atoms with E-state index in [0.29, 0.717) is 0 Å². The van der Waals surface area contributed by atoms with E-state index < -0.39 is 0 Å². The molecule has 1 atom stereocenters. The van der Waals surface area contributed by atoms with Gasteiger partial charge < -0.3 is 5.73 Å². The van der Waals surface area contributed by atoms with Crippen LogP contribution < -0.4 is 5.73 Å². The first kappa shape index (κ1) is 9.57. The number of rotatable bonds is 2. The summed E-state index contributed by atoms with van der Waals surface area (Å²) < 4.78 is 5.46. The lowest BCUT2D eigenvalue weighted by molar-refractivity contribution is 0.862. The van der Waals surface area contributed by atoms with Crippen molar-refractivity contribution in [1.82, 2.24) is 4.37 Å². The average molecular weight is 322 g/mol. The zero-order valence-corrected chi connectivity index (χ0v) is 10.4. The predicted molar refractivity (Wildman–Crippen MR) is 65.2 cm³/mol. The third-order valence-electron chi connectivity index (χ3n) is 1.70. The molecule has 2 nitrogen and oxygen atoms in total. The van der Waals surface area contributed by atoms with E-state index in [2.05, 4.69) is 38.4 Å². The summed E-state index contributed by atoms with van der Waals surface area (Å²) in [6.07, 6.45) is 0. The molecule has 13 heavy (non-hydrogen) atoms. The number of nitrogens with two attached hydrogens (primary N) is 1. The molecule has 0 aromatic carbocycles. The highest BCUT2D eigenvalue weighted by atomic mass is 127. The van der Waals surface area contributed by atoms with E-state index in [-0.39, 0.29) is 6.04 Å². The monoisotopic (exact) mass is 322 g/mol. The third kappa shape index (κ3) is 1.93. The maximum atomic E-state index is 6.06. The second kappa shape index (κ2) is 4.04. The number of aromatic nitrogens is 1. The van der Waals surface area contributed by atoms with Crippen molar-refractivity contribution in [2.45, 2.75) is 6.04 Å². The molecule has 0 fully saturated rings. The maximum absolute atomic E-state index is 6.06. The molecule has 5 heteroatoms. The molecule has 0 radical (unpaired) electrons. The fraction of sp³-hybridized carbons (Fsp3) is 0.125. The summed E-state index contributed by atoms with van der Waals surface area (Å²) in [4.78, 5) is 1.20. The maximum Gasteiger partial charge on any atom is 0.0841 e. The molecule has 0 aliphatic rings. The van der Waals surface area contributed by atoms with Crippen molar-refractivity contribution >= 4 is 45.5 Å². The van der Waals surface area contributed by atoms with Crippen LogP contribution in [0.4, 0.5) is 0 Å². The summed E-state index contributed by atoms with van der Waals surface area (Å²) in [6, 6.07) is 4.00. The molecule has 0 spiro atoms. The standard InChI is InChI=1S/C8H7IN2S2/c9-5-1-3-12-8(5)7(10)6-2-4-13-11-6/h1-4,7H,10H2. The first-order valence-corrected chi connectivity index (χ1v) is 6.47. The van der Waals surface area contributed by atoms with Crippen LogP contribution in [-0.2, 0) is 0 Å². The first-order valence-electron chi connectivity index (χ1n) is 3.68. The van der Waals surface area contributed by atoms with Crippen LogP contribution in [0.3, 0.4) is 0 Å².